The summed E-state index contributed by atoms with van der Waals surface area (Å²) in [4.78, 5) is 45.3. The fraction of sp³-hybridized carbons (Fsp3) is 0.483. The van der Waals surface area contributed by atoms with Crippen LogP contribution in [0.1, 0.15) is 52.8 Å². The number of benzene rings is 2. The number of hydrogen-bond acceptors (Lipinski definition) is 5. The van der Waals surface area contributed by atoms with Crippen LogP contribution >= 0.6 is 0 Å². The van der Waals surface area contributed by atoms with Gasteiger partial charge in [0, 0.05) is 62.9 Å². The first-order valence-corrected chi connectivity index (χ1v) is 13.7. The Hall–Kier alpha value is -3.46. The molecule has 9 heteroatoms. The smallest absolute Gasteiger partial charge is 0.255 e. The van der Waals surface area contributed by atoms with Gasteiger partial charge in [-0.3, -0.25) is 14.4 Å². The van der Waals surface area contributed by atoms with Crippen LogP contribution in [-0.2, 0) is 4.79 Å². The van der Waals surface area contributed by atoms with Gasteiger partial charge in [0.1, 0.15) is 5.82 Å². The topological polar surface area (TPSA) is 85.0 Å². The molecule has 2 saturated heterocycles. The Labute approximate surface area is 223 Å². The maximum absolute atomic E-state index is 13.8. The van der Waals surface area contributed by atoms with Crippen molar-refractivity contribution < 1.29 is 18.8 Å². The standard InChI is InChI=1S/C29H36FN5O3/c30-24-8-2-7-22(19-24)27(36)32-25-20-23(29(38)34-13-3-11-31-12-16-34)9-10-26(25)33-14-4-15-35(18-17-33)28(37)21-5-1-6-21/h2,7-10,19-21,31H,1,3-6,11-18H2,(H,32,36). The van der Waals surface area contributed by atoms with Crippen molar-refractivity contribution in [1.82, 2.24) is 15.1 Å². The molecule has 0 spiro atoms. The first-order valence-electron chi connectivity index (χ1n) is 13.7. The quantitative estimate of drug-likeness (QED) is 0.631. The fourth-order valence-electron chi connectivity index (χ4n) is 5.39. The number of carbonyl (C=O) groups is 3. The second kappa shape index (κ2) is 11.9. The second-order valence-electron chi connectivity index (χ2n) is 10.4. The Morgan fingerprint density at radius 1 is 0.816 bits per heavy atom. The molecule has 0 aromatic heterocycles. The van der Waals surface area contributed by atoms with E-state index >= 15 is 0 Å². The summed E-state index contributed by atoms with van der Waals surface area (Å²) in [6, 6.07) is 11.0. The van der Waals surface area contributed by atoms with Gasteiger partial charge in [-0.1, -0.05) is 12.5 Å². The first kappa shape index (κ1) is 26.2. The number of carbonyl (C=O) groups excluding carboxylic acids is 3. The molecule has 0 unspecified atom stereocenters. The molecule has 2 aromatic carbocycles. The lowest BCUT2D eigenvalue weighted by molar-refractivity contribution is -0.137. The lowest BCUT2D eigenvalue weighted by atomic mass is 9.84. The van der Waals surface area contributed by atoms with Crippen LogP contribution in [0.5, 0.6) is 0 Å². The number of hydrogen-bond donors (Lipinski definition) is 2. The van der Waals surface area contributed by atoms with Crippen LogP contribution in [0.25, 0.3) is 0 Å². The number of nitrogens with one attached hydrogen (secondary N) is 2. The monoisotopic (exact) mass is 521 g/mol. The van der Waals surface area contributed by atoms with Crippen LogP contribution in [0.4, 0.5) is 15.8 Å². The number of halogens is 1. The number of rotatable bonds is 5. The van der Waals surface area contributed by atoms with Crippen molar-refractivity contribution in [3.05, 3.63) is 59.4 Å². The number of anilines is 2. The van der Waals surface area contributed by atoms with Crippen molar-refractivity contribution in [3.8, 4) is 0 Å². The molecule has 1 aliphatic carbocycles. The van der Waals surface area contributed by atoms with E-state index in [4.69, 9.17) is 0 Å². The third kappa shape index (κ3) is 5.99. The van der Waals surface area contributed by atoms with Crippen LogP contribution in [0.2, 0.25) is 0 Å². The lowest BCUT2D eigenvalue weighted by Gasteiger charge is -2.31. The van der Waals surface area contributed by atoms with Gasteiger partial charge in [0.05, 0.1) is 11.4 Å². The SMILES string of the molecule is O=C(Nc1cc(C(=O)N2CCCNCC2)ccc1N1CCCN(C(=O)C2CCC2)CC1)c1cccc(F)c1. The third-order valence-electron chi connectivity index (χ3n) is 7.81. The van der Waals surface area contributed by atoms with E-state index in [2.05, 4.69) is 15.5 Å². The molecule has 0 atom stereocenters. The summed E-state index contributed by atoms with van der Waals surface area (Å²) in [6.45, 7) is 5.63. The van der Waals surface area contributed by atoms with Crippen molar-refractivity contribution in [1.29, 1.82) is 0 Å². The van der Waals surface area contributed by atoms with Gasteiger partial charge >= 0.3 is 0 Å². The summed E-state index contributed by atoms with van der Waals surface area (Å²) in [7, 11) is 0. The highest BCUT2D eigenvalue weighted by atomic mass is 19.1. The van der Waals surface area contributed by atoms with Gasteiger partial charge in [-0.2, -0.15) is 0 Å². The molecule has 2 heterocycles. The second-order valence-corrected chi connectivity index (χ2v) is 10.4. The summed E-state index contributed by atoms with van der Waals surface area (Å²) in [5.41, 5.74) is 2.01. The number of amides is 3. The summed E-state index contributed by atoms with van der Waals surface area (Å²) < 4.78 is 13.8. The van der Waals surface area contributed by atoms with Crippen molar-refractivity contribution in [2.75, 3.05) is 62.6 Å². The van der Waals surface area contributed by atoms with Gasteiger partial charge in [-0.25, -0.2) is 4.39 Å². The highest BCUT2D eigenvalue weighted by molar-refractivity contribution is 6.07. The van der Waals surface area contributed by atoms with E-state index in [-0.39, 0.29) is 23.3 Å². The fourth-order valence-corrected chi connectivity index (χ4v) is 5.39. The Morgan fingerprint density at radius 3 is 2.45 bits per heavy atom. The molecule has 0 bridgehead atoms. The normalized spacial score (nSPS) is 18.8. The van der Waals surface area contributed by atoms with Crippen LogP contribution in [-0.4, -0.2) is 79.9 Å². The molecular weight excluding hydrogens is 485 g/mol. The van der Waals surface area contributed by atoms with E-state index in [1.54, 1.807) is 12.1 Å². The van der Waals surface area contributed by atoms with E-state index in [0.717, 1.165) is 64.0 Å². The van der Waals surface area contributed by atoms with Gasteiger partial charge in [0.25, 0.3) is 11.8 Å². The average Bonchev–Trinajstić information content (AvgIpc) is 3.31. The van der Waals surface area contributed by atoms with Crippen LogP contribution in [0.15, 0.2) is 42.5 Å². The maximum atomic E-state index is 13.8. The molecule has 3 aliphatic rings. The molecular formula is C29H36FN5O3. The highest BCUT2D eigenvalue weighted by Crippen LogP contribution is 2.31. The molecule has 202 valence electrons. The van der Waals surface area contributed by atoms with Crippen molar-refractivity contribution in [3.63, 3.8) is 0 Å². The number of nitrogens with zero attached hydrogens (tertiary/aromatic N) is 3. The summed E-state index contributed by atoms with van der Waals surface area (Å²) in [6.07, 6.45) is 4.80. The Balaban J connectivity index is 1.39. The van der Waals surface area contributed by atoms with Gasteiger partial charge in [-0.05, 0) is 68.6 Å². The molecule has 8 nitrogen and oxygen atoms in total. The predicted molar refractivity (Wildman–Crippen MR) is 145 cm³/mol. The van der Waals surface area contributed by atoms with Gasteiger partial charge in [0.2, 0.25) is 5.91 Å². The Kier molecular flexibility index (Phi) is 8.22. The van der Waals surface area contributed by atoms with Gasteiger partial charge < -0.3 is 25.3 Å². The average molecular weight is 522 g/mol. The Bertz CT molecular complexity index is 1180. The zero-order valence-electron chi connectivity index (χ0n) is 21.8. The molecule has 3 amide bonds. The molecule has 1 saturated carbocycles. The zero-order valence-corrected chi connectivity index (χ0v) is 21.8. The molecule has 2 N–H and O–H groups in total. The van der Waals surface area contributed by atoms with Crippen molar-refractivity contribution in [2.24, 2.45) is 5.92 Å². The highest BCUT2D eigenvalue weighted by Gasteiger charge is 2.31. The van der Waals surface area contributed by atoms with Crippen molar-refractivity contribution in [2.45, 2.75) is 32.1 Å². The van der Waals surface area contributed by atoms with E-state index in [1.807, 2.05) is 21.9 Å². The van der Waals surface area contributed by atoms with E-state index in [0.29, 0.717) is 37.4 Å². The van der Waals surface area contributed by atoms with E-state index in [1.165, 1.54) is 18.2 Å². The lowest BCUT2D eigenvalue weighted by Crippen LogP contribution is -2.41. The zero-order chi connectivity index (χ0) is 26.5. The maximum Gasteiger partial charge on any atom is 0.255 e. The van der Waals surface area contributed by atoms with E-state index < -0.39 is 11.7 Å². The summed E-state index contributed by atoms with van der Waals surface area (Å²) >= 11 is 0. The molecule has 5 rings (SSSR count). The van der Waals surface area contributed by atoms with Crippen molar-refractivity contribution >= 4 is 29.1 Å². The molecule has 38 heavy (non-hydrogen) atoms. The molecule has 2 aliphatic heterocycles. The molecule has 3 fully saturated rings. The molecule has 0 radical (unpaired) electrons. The summed E-state index contributed by atoms with van der Waals surface area (Å²) in [5, 5.41) is 6.25. The first-order chi connectivity index (χ1) is 18.5. The molecule has 2 aromatic rings. The Morgan fingerprint density at radius 2 is 1.66 bits per heavy atom. The van der Waals surface area contributed by atoms with E-state index in [9.17, 15) is 18.8 Å². The minimum Gasteiger partial charge on any atom is -0.368 e. The largest absolute Gasteiger partial charge is 0.368 e. The van der Waals surface area contributed by atoms with Gasteiger partial charge in [-0.15, -0.1) is 0 Å². The van der Waals surface area contributed by atoms with Gasteiger partial charge in [0.15, 0.2) is 0 Å². The third-order valence-corrected chi connectivity index (χ3v) is 7.81. The predicted octanol–water partition coefficient (Wildman–Crippen LogP) is 3.35. The minimum absolute atomic E-state index is 0.0744. The summed E-state index contributed by atoms with van der Waals surface area (Å²) in [5.74, 6) is -0.575. The minimum atomic E-state index is -0.486. The van der Waals surface area contributed by atoms with Crippen LogP contribution in [0.3, 0.4) is 0 Å². The van der Waals surface area contributed by atoms with Crippen LogP contribution < -0.4 is 15.5 Å². The van der Waals surface area contributed by atoms with Crippen LogP contribution in [0, 0.1) is 11.7 Å².